The van der Waals surface area contributed by atoms with E-state index in [1.54, 1.807) is 6.20 Å². The van der Waals surface area contributed by atoms with Crippen LogP contribution in [0.3, 0.4) is 0 Å². The van der Waals surface area contributed by atoms with Gasteiger partial charge in [0.15, 0.2) is 11.6 Å². The van der Waals surface area contributed by atoms with Crippen molar-refractivity contribution in [2.45, 2.75) is 32.2 Å². The molecule has 1 aliphatic heterocycles. The average Bonchev–Trinajstić information content (AvgIpc) is 3.23. The van der Waals surface area contributed by atoms with E-state index in [2.05, 4.69) is 34.1 Å². The molecule has 0 aliphatic carbocycles. The number of hydrogen-bond acceptors (Lipinski definition) is 3. The Morgan fingerprint density at radius 2 is 2.04 bits per heavy atom. The lowest BCUT2D eigenvalue weighted by Gasteiger charge is -2.15. The maximum Gasteiger partial charge on any atom is 0.271 e. The molecule has 4 rings (SSSR count). The number of H-pyrrole nitrogens is 1. The lowest BCUT2D eigenvalue weighted by atomic mass is 9.94. The second-order valence-corrected chi connectivity index (χ2v) is 7.26. The molecule has 0 spiro atoms. The summed E-state index contributed by atoms with van der Waals surface area (Å²) in [7, 11) is 0. The van der Waals surface area contributed by atoms with Gasteiger partial charge in [-0.15, -0.1) is 0 Å². The second kappa shape index (κ2) is 6.61. The number of hydrogen-bond donors (Lipinski definition) is 2. The lowest BCUT2D eigenvalue weighted by Crippen LogP contribution is -2.26. The van der Waals surface area contributed by atoms with E-state index < -0.39 is 0 Å². The summed E-state index contributed by atoms with van der Waals surface area (Å²) < 4.78 is 2.03. The molecule has 0 saturated carbocycles. The second-order valence-electron chi connectivity index (χ2n) is 6.83. The number of halogens is 1. The van der Waals surface area contributed by atoms with E-state index in [4.69, 9.17) is 11.6 Å². The summed E-state index contributed by atoms with van der Waals surface area (Å²) in [6.07, 6.45) is 4.37. The summed E-state index contributed by atoms with van der Waals surface area (Å²) in [6.45, 7) is 4.74. The number of carbonyl (C=O) groups is 1. The Morgan fingerprint density at radius 3 is 2.77 bits per heavy atom. The smallest absolute Gasteiger partial charge is 0.271 e. The highest BCUT2D eigenvalue weighted by molar-refractivity contribution is 6.30. The number of amides is 1. The summed E-state index contributed by atoms with van der Waals surface area (Å²) in [5.74, 6) is 1.38. The zero-order valence-electron chi connectivity index (χ0n) is 14.7. The highest BCUT2D eigenvalue weighted by atomic mass is 35.5. The van der Waals surface area contributed by atoms with E-state index in [0.29, 0.717) is 29.5 Å². The van der Waals surface area contributed by atoms with E-state index in [1.165, 1.54) is 0 Å². The molecule has 7 heteroatoms. The van der Waals surface area contributed by atoms with Crippen molar-refractivity contribution in [2.24, 2.45) is 0 Å². The van der Waals surface area contributed by atoms with Crippen molar-refractivity contribution in [2.75, 3.05) is 6.54 Å². The molecular weight excluding hydrogens is 350 g/mol. The first kappa shape index (κ1) is 16.8. The zero-order valence-corrected chi connectivity index (χ0v) is 15.4. The summed E-state index contributed by atoms with van der Waals surface area (Å²) in [5.41, 5.74) is 2.44. The number of benzene rings is 1. The summed E-state index contributed by atoms with van der Waals surface area (Å²) in [4.78, 5) is 24.8. The van der Waals surface area contributed by atoms with Crippen LogP contribution in [0.1, 0.15) is 47.6 Å². The quantitative estimate of drug-likeness (QED) is 0.741. The Bertz CT molecular complexity index is 941. The number of nitrogens with zero attached hydrogens (tertiary/aromatic N) is 3. The minimum Gasteiger partial charge on any atom is -0.350 e. The number of aromatic amines is 1. The van der Waals surface area contributed by atoms with E-state index in [1.807, 2.05) is 35.0 Å². The maximum atomic E-state index is 12.5. The molecule has 1 aromatic carbocycles. The fourth-order valence-electron chi connectivity index (χ4n) is 3.35. The van der Waals surface area contributed by atoms with Crippen LogP contribution in [-0.4, -0.2) is 32.0 Å². The predicted molar refractivity (Wildman–Crippen MR) is 100 cm³/mol. The largest absolute Gasteiger partial charge is 0.350 e. The van der Waals surface area contributed by atoms with Crippen LogP contribution < -0.4 is 5.32 Å². The molecule has 0 unspecified atom stereocenters. The van der Waals surface area contributed by atoms with E-state index in [-0.39, 0.29) is 17.9 Å². The first-order valence-electron chi connectivity index (χ1n) is 8.68. The predicted octanol–water partition coefficient (Wildman–Crippen LogP) is 3.58. The van der Waals surface area contributed by atoms with Gasteiger partial charge in [-0.05, 0) is 38.0 Å². The SMILES string of the molecule is CC(C)n1ccnc1-c1nc2c([nH]1)C[C@H](c1ccc(Cl)cc1)CNC2=O. The summed E-state index contributed by atoms with van der Waals surface area (Å²) >= 11 is 5.99. The molecule has 0 radical (unpaired) electrons. The van der Waals surface area contributed by atoms with Gasteiger partial charge in [0.1, 0.15) is 5.69 Å². The van der Waals surface area contributed by atoms with Crippen LogP contribution in [0.4, 0.5) is 0 Å². The molecule has 134 valence electrons. The van der Waals surface area contributed by atoms with Crippen LogP contribution in [-0.2, 0) is 6.42 Å². The van der Waals surface area contributed by atoms with E-state index in [9.17, 15) is 4.79 Å². The van der Waals surface area contributed by atoms with Crippen molar-refractivity contribution in [3.8, 4) is 11.6 Å². The van der Waals surface area contributed by atoms with Gasteiger partial charge in [0, 0.05) is 41.6 Å². The summed E-state index contributed by atoms with van der Waals surface area (Å²) in [5, 5.41) is 3.68. The Hall–Kier alpha value is -2.60. The van der Waals surface area contributed by atoms with Crippen LogP contribution in [0, 0.1) is 0 Å². The molecule has 2 N–H and O–H groups in total. The van der Waals surface area contributed by atoms with Crippen molar-refractivity contribution in [3.63, 3.8) is 0 Å². The molecule has 1 amide bonds. The Morgan fingerprint density at radius 1 is 1.27 bits per heavy atom. The molecule has 2 aromatic heterocycles. The zero-order chi connectivity index (χ0) is 18.3. The molecule has 6 nitrogen and oxygen atoms in total. The molecule has 3 aromatic rings. The van der Waals surface area contributed by atoms with Gasteiger partial charge in [-0.2, -0.15) is 0 Å². The number of carbonyl (C=O) groups excluding carboxylic acids is 1. The van der Waals surface area contributed by atoms with Crippen LogP contribution in [0.25, 0.3) is 11.6 Å². The highest BCUT2D eigenvalue weighted by Crippen LogP contribution is 2.27. The molecule has 3 heterocycles. The molecular formula is C19H20ClN5O. The molecule has 0 fully saturated rings. The average molecular weight is 370 g/mol. The van der Waals surface area contributed by atoms with Gasteiger partial charge in [-0.25, -0.2) is 9.97 Å². The third-order valence-electron chi connectivity index (χ3n) is 4.73. The number of rotatable bonds is 3. The molecule has 1 aliphatic rings. The number of fused-ring (bicyclic) bond motifs is 1. The molecule has 1 atom stereocenters. The van der Waals surface area contributed by atoms with Gasteiger partial charge in [0.2, 0.25) is 0 Å². The molecule has 26 heavy (non-hydrogen) atoms. The normalized spacial score (nSPS) is 17.1. The van der Waals surface area contributed by atoms with Crippen LogP contribution >= 0.6 is 11.6 Å². The van der Waals surface area contributed by atoms with Crippen LogP contribution in [0.15, 0.2) is 36.7 Å². The maximum absolute atomic E-state index is 12.5. The standard InChI is InChI=1S/C19H20ClN5O/c1-11(2)25-8-7-21-18(25)17-23-15-9-13(10-22-19(26)16(15)24-17)12-3-5-14(20)6-4-12/h3-8,11,13H,9-10H2,1-2H3,(H,22,26)(H,23,24)/t13-/m0/s1. The first-order valence-corrected chi connectivity index (χ1v) is 9.06. The van der Waals surface area contributed by atoms with Crippen LogP contribution in [0.5, 0.6) is 0 Å². The van der Waals surface area contributed by atoms with E-state index in [0.717, 1.165) is 17.1 Å². The highest BCUT2D eigenvalue weighted by Gasteiger charge is 2.27. The minimum atomic E-state index is -0.151. The van der Waals surface area contributed by atoms with Gasteiger partial charge in [-0.3, -0.25) is 4.79 Å². The third-order valence-corrected chi connectivity index (χ3v) is 4.98. The Balaban J connectivity index is 1.70. The fraction of sp³-hybridized carbons (Fsp3) is 0.316. The van der Waals surface area contributed by atoms with Gasteiger partial charge in [0.05, 0.1) is 0 Å². The first-order chi connectivity index (χ1) is 12.5. The topological polar surface area (TPSA) is 75.6 Å². The summed E-state index contributed by atoms with van der Waals surface area (Å²) in [6, 6.07) is 8.03. The van der Waals surface area contributed by atoms with Gasteiger partial charge < -0.3 is 14.9 Å². The number of imidazole rings is 2. The number of nitrogens with one attached hydrogen (secondary N) is 2. The lowest BCUT2D eigenvalue weighted by molar-refractivity contribution is 0.0950. The van der Waals surface area contributed by atoms with Crippen molar-refractivity contribution in [1.82, 2.24) is 24.8 Å². The van der Waals surface area contributed by atoms with E-state index >= 15 is 0 Å². The molecule has 0 saturated heterocycles. The van der Waals surface area contributed by atoms with Crippen molar-refractivity contribution >= 4 is 17.5 Å². The monoisotopic (exact) mass is 369 g/mol. The minimum absolute atomic E-state index is 0.151. The molecule has 0 bridgehead atoms. The van der Waals surface area contributed by atoms with Crippen molar-refractivity contribution in [3.05, 3.63) is 58.6 Å². The van der Waals surface area contributed by atoms with Gasteiger partial charge in [-0.1, -0.05) is 23.7 Å². The third kappa shape index (κ3) is 3.01. The van der Waals surface area contributed by atoms with Gasteiger partial charge in [0.25, 0.3) is 5.91 Å². The Labute approximate surface area is 156 Å². The van der Waals surface area contributed by atoms with Crippen molar-refractivity contribution < 1.29 is 4.79 Å². The van der Waals surface area contributed by atoms with Crippen LogP contribution in [0.2, 0.25) is 5.02 Å². The Kier molecular flexibility index (Phi) is 4.28. The number of aromatic nitrogens is 4. The van der Waals surface area contributed by atoms with Gasteiger partial charge >= 0.3 is 0 Å². The fourth-order valence-corrected chi connectivity index (χ4v) is 3.48. The van der Waals surface area contributed by atoms with Crippen molar-refractivity contribution in [1.29, 1.82) is 0 Å².